The molecule has 2 saturated heterocycles. The molecule has 11 heteroatoms. The third kappa shape index (κ3) is 3.56. The Labute approximate surface area is 175 Å². The maximum Gasteiger partial charge on any atom is 0.408 e. The molecule has 0 spiro atoms. The molecule has 0 unspecified atom stereocenters. The molecule has 164 valence electrons. The Balaban J connectivity index is 1.54. The van der Waals surface area contributed by atoms with E-state index in [1.807, 2.05) is 4.90 Å². The third-order valence-corrected chi connectivity index (χ3v) is 6.12. The number of carbonyl (C=O) groups excluding carboxylic acids is 1. The normalized spacial score (nSPS) is 25.1. The number of rotatable bonds is 4. The van der Waals surface area contributed by atoms with Gasteiger partial charge in [0.25, 0.3) is 5.56 Å². The summed E-state index contributed by atoms with van der Waals surface area (Å²) in [6.45, 7) is 0.388. The number of nitrogens with zero attached hydrogens (tertiary/aromatic N) is 5. The van der Waals surface area contributed by atoms with E-state index in [4.69, 9.17) is 4.74 Å². The van der Waals surface area contributed by atoms with Crippen molar-refractivity contribution in [3.8, 4) is 0 Å². The van der Waals surface area contributed by atoms with Gasteiger partial charge in [0.05, 0.1) is 25.3 Å². The van der Waals surface area contributed by atoms with Crippen molar-refractivity contribution in [3.63, 3.8) is 0 Å². The first-order chi connectivity index (χ1) is 14.8. The van der Waals surface area contributed by atoms with Gasteiger partial charge in [0.2, 0.25) is 5.95 Å². The van der Waals surface area contributed by atoms with Crippen molar-refractivity contribution in [1.82, 2.24) is 14.5 Å². The van der Waals surface area contributed by atoms with Gasteiger partial charge in [-0.15, -0.1) is 0 Å². The van der Waals surface area contributed by atoms with Crippen LogP contribution in [0.25, 0.3) is 0 Å². The molecule has 0 radical (unpaired) electrons. The minimum atomic E-state index is -4.57. The summed E-state index contributed by atoms with van der Waals surface area (Å²) in [5, 5.41) is 0. The molecule has 0 aromatic carbocycles. The average Bonchev–Trinajstić information content (AvgIpc) is 3.37. The monoisotopic (exact) mass is 435 g/mol. The van der Waals surface area contributed by atoms with Crippen molar-refractivity contribution < 1.29 is 22.7 Å². The lowest BCUT2D eigenvalue weighted by Crippen LogP contribution is -2.54. The fourth-order valence-corrected chi connectivity index (χ4v) is 4.59. The number of halogens is 3. The summed E-state index contributed by atoms with van der Waals surface area (Å²) in [6.07, 6.45) is -1.25. The zero-order chi connectivity index (χ0) is 21.8. The van der Waals surface area contributed by atoms with E-state index < -0.39 is 30.1 Å². The summed E-state index contributed by atoms with van der Waals surface area (Å²) in [7, 11) is 0. The van der Waals surface area contributed by atoms with E-state index in [1.165, 1.54) is 35.2 Å². The van der Waals surface area contributed by atoms with Gasteiger partial charge in [-0.1, -0.05) is 0 Å². The summed E-state index contributed by atoms with van der Waals surface area (Å²) < 4.78 is 48.4. The Morgan fingerprint density at radius 2 is 2.03 bits per heavy atom. The highest BCUT2D eigenvalue weighted by Gasteiger charge is 2.48. The molecule has 0 saturated carbocycles. The van der Waals surface area contributed by atoms with Crippen LogP contribution in [-0.2, 0) is 11.3 Å². The topological polar surface area (TPSA) is 80.6 Å². The summed E-state index contributed by atoms with van der Waals surface area (Å²) in [5.74, 6) is -0.295. The molecule has 3 aliphatic rings. The number of hydrogen-bond acceptors (Lipinski definition) is 7. The number of pyridine rings is 1. The maximum absolute atomic E-state index is 13.9. The van der Waals surface area contributed by atoms with E-state index in [1.54, 1.807) is 0 Å². The molecule has 2 aromatic rings. The van der Waals surface area contributed by atoms with Crippen molar-refractivity contribution in [2.45, 2.75) is 43.8 Å². The molecule has 5 heterocycles. The molecule has 5 rings (SSSR count). The lowest BCUT2D eigenvalue weighted by atomic mass is 10.1. The second-order valence-corrected chi connectivity index (χ2v) is 8.03. The number of morpholine rings is 1. The molecule has 0 N–H and O–H groups in total. The Bertz CT molecular complexity index is 1060. The van der Waals surface area contributed by atoms with Crippen molar-refractivity contribution >= 4 is 17.5 Å². The van der Waals surface area contributed by atoms with Crippen LogP contribution in [0.15, 0.2) is 35.4 Å². The quantitative estimate of drug-likeness (QED) is 0.676. The Morgan fingerprint density at radius 3 is 2.68 bits per heavy atom. The summed E-state index contributed by atoms with van der Waals surface area (Å²) in [6, 6.07) is 2.41. The van der Waals surface area contributed by atoms with E-state index in [9.17, 15) is 22.8 Å². The second kappa shape index (κ2) is 7.33. The van der Waals surface area contributed by atoms with Crippen LogP contribution < -0.4 is 15.4 Å². The highest BCUT2D eigenvalue weighted by molar-refractivity contribution is 5.99. The van der Waals surface area contributed by atoms with Gasteiger partial charge in [-0.25, -0.2) is 0 Å². The predicted octanol–water partition coefficient (Wildman–Crippen LogP) is 1.64. The zero-order valence-corrected chi connectivity index (χ0v) is 16.5. The lowest BCUT2D eigenvalue weighted by Gasteiger charge is -2.39. The van der Waals surface area contributed by atoms with Crippen LogP contribution >= 0.6 is 0 Å². The van der Waals surface area contributed by atoms with E-state index in [-0.39, 0.29) is 36.6 Å². The van der Waals surface area contributed by atoms with Crippen LogP contribution in [0, 0.1) is 0 Å². The van der Waals surface area contributed by atoms with E-state index in [2.05, 4.69) is 9.97 Å². The van der Waals surface area contributed by atoms with Crippen LogP contribution in [0.4, 0.5) is 24.9 Å². The van der Waals surface area contributed by atoms with Gasteiger partial charge in [0.15, 0.2) is 5.78 Å². The van der Waals surface area contributed by atoms with E-state index >= 15 is 0 Å². The molecule has 3 aliphatic heterocycles. The van der Waals surface area contributed by atoms with Gasteiger partial charge in [-0.2, -0.15) is 18.2 Å². The first-order valence-electron chi connectivity index (χ1n) is 10.1. The van der Waals surface area contributed by atoms with Crippen LogP contribution in [0.1, 0.15) is 23.2 Å². The van der Waals surface area contributed by atoms with Gasteiger partial charge >= 0.3 is 6.18 Å². The van der Waals surface area contributed by atoms with Gasteiger partial charge in [-0.3, -0.25) is 19.1 Å². The van der Waals surface area contributed by atoms with E-state index in [0.29, 0.717) is 19.0 Å². The Kier molecular flexibility index (Phi) is 4.72. The number of alkyl halides is 3. The summed E-state index contributed by atoms with van der Waals surface area (Å²) in [4.78, 5) is 36.6. The highest BCUT2D eigenvalue weighted by atomic mass is 19.4. The molecule has 3 atom stereocenters. The number of hydrogen-bond donors (Lipinski definition) is 0. The molecule has 2 bridgehead atoms. The van der Waals surface area contributed by atoms with Gasteiger partial charge in [0, 0.05) is 37.1 Å². The standard InChI is InChI=1S/C20H20F3N5O3/c21-20(22,23)16-3-6-26-18(30)8-17(27-9-14-7-13(27)11-31-14)25-19(26)28(16)10-15(29)12-1-4-24-5-2-12/h1-2,4-5,8,13-14,16H,3,6-7,9-11H2/t13-,14-,16-/m0/s1. The Hall–Kier alpha value is -2.95. The Morgan fingerprint density at radius 1 is 1.26 bits per heavy atom. The maximum atomic E-state index is 13.9. The predicted molar refractivity (Wildman–Crippen MR) is 104 cm³/mol. The fraction of sp³-hybridized carbons (Fsp3) is 0.500. The lowest BCUT2D eigenvalue weighted by molar-refractivity contribution is -0.152. The molecule has 8 nitrogen and oxygen atoms in total. The minimum absolute atomic E-state index is 0.0397. The molecule has 0 amide bonds. The van der Waals surface area contributed by atoms with Gasteiger partial charge in [-0.05, 0) is 25.0 Å². The number of ether oxygens (including phenoxy) is 1. The van der Waals surface area contributed by atoms with Crippen LogP contribution in [0.3, 0.4) is 0 Å². The average molecular weight is 435 g/mol. The molecular formula is C20H20F3N5O3. The molecule has 31 heavy (non-hydrogen) atoms. The first kappa shape index (κ1) is 20.0. The number of fused-ring (bicyclic) bond motifs is 3. The number of anilines is 2. The zero-order valence-electron chi connectivity index (χ0n) is 16.5. The van der Waals surface area contributed by atoms with E-state index in [0.717, 1.165) is 11.3 Å². The number of Topliss-reactive ketones (excluding diaryl/α,β-unsaturated/α-hetero) is 1. The highest BCUT2D eigenvalue weighted by Crippen LogP contribution is 2.36. The third-order valence-electron chi connectivity index (χ3n) is 6.12. The second-order valence-electron chi connectivity index (χ2n) is 8.03. The van der Waals surface area contributed by atoms with Crippen LogP contribution in [0.2, 0.25) is 0 Å². The number of carbonyl (C=O) groups is 1. The van der Waals surface area contributed by atoms with Crippen molar-refractivity contribution in [1.29, 1.82) is 0 Å². The first-order valence-corrected chi connectivity index (χ1v) is 10.1. The largest absolute Gasteiger partial charge is 0.408 e. The summed E-state index contributed by atoms with van der Waals surface area (Å²) in [5.41, 5.74) is -0.175. The SMILES string of the molecule is O=C(CN1c2nc(N3C[C@@H]4C[C@H]3CO4)cc(=O)n2CC[C@H]1C(F)(F)F)c1ccncc1. The van der Waals surface area contributed by atoms with Crippen molar-refractivity contribution in [3.05, 3.63) is 46.5 Å². The summed E-state index contributed by atoms with van der Waals surface area (Å²) >= 11 is 0. The number of ketones is 1. The van der Waals surface area contributed by atoms with Crippen LogP contribution in [-0.4, -0.2) is 64.4 Å². The molecule has 0 aliphatic carbocycles. The van der Waals surface area contributed by atoms with Crippen LogP contribution in [0.5, 0.6) is 0 Å². The minimum Gasteiger partial charge on any atom is -0.374 e. The smallest absolute Gasteiger partial charge is 0.374 e. The fourth-order valence-electron chi connectivity index (χ4n) is 4.59. The van der Waals surface area contributed by atoms with Gasteiger partial charge < -0.3 is 14.5 Å². The molecule has 2 fully saturated rings. The van der Waals surface area contributed by atoms with Crippen molar-refractivity contribution in [2.75, 3.05) is 29.5 Å². The molecular weight excluding hydrogens is 415 g/mol. The van der Waals surface area contributed by atoms with Crippen molar-refractivity contribution in [2.24, 2.45) is 0 Å². The van der Waals surface area contributed by atoms with Gasteiger partial charge in [0.1, 0.15) is 11.9 Å². The molecule has 2 aromatic heterocycles. The number of aromatic nitrogens is 3.